The first-order valence-electron chi connectivity index (χ1n) is 12.9. The Morgan fingerprint density at radius 3 is 2.38 bits per heavy atom. The predicted molar refractivity (Wildman–Crippen MR) is 150 cm³/mol. The molecule has 0 saturated carbocycles. The molecule has 10 heteroatoms. The van der Waals surface area contributed by atoms with E-state index in [-0.39, 0.29) is 18.0 Å². The number of fused-ring (bicyclic) bond motifs is 1. The lowest BCUT2D eigenvalue weighted by atomic mass is 9.91. The highest BCUT2D eigenvalue weighted by molar-refractivity contribution is 7.13. The molecule has 0 bridgehead atoms. The van der Waals surface area contributed by atoms with E-state index in [9.17, 15) is 14.7 Å². The number of piperidine rings is 1. The minimum atomic E-state index is -1.11. The van der Waals surface area contributed by atoms with Crippen LogP contribution in [0.1, 0.15) is 33.2 Å². The lowest BCUT2D eigenvalue weighted by Crippen LogP contribution is -2.49. The van der Waals surface area contributed by atoms with Gasteiger partial charge in [0.2, 0.25) is 0 Å². The second-order valence-electron chi connectivity index (χ2n) is 10.0. The van der Waals surface area contributed by atoms with E-state index >= 15 is 0 Å². The molecule has 3 aromatic heterocycles. The highest BCUT2D eigenvalue weighted by Crippen LogP contribution is 2.27. The molecule has 2 aromatic carbocycles. The highest BCUT2D eigenvalue weighted by Gasteiger charge is 2.36. The van der Waals surface area contributed by atoms with Crippen LogP contribution in [0.25, 0.3) is 27.8 Å². The fourth-order valence-electron chi connectivity index (χ4n) is 5.15. The minimum absolute atomic E-state index is 0.0513. The number of rotatable bonds is 5. The summed E-state index contributed by atoms with van der Waals surface area (Å²) in [4.78, 5) is 37.6. The number of aryl methyl sites for hydroxylation is 2. The van der Waals surface area contributed by atoms with Gasteiger partial charge in [-0.25, -0.2) is 14.6 Å². The number of benzene rings is 2. The smallest absolute Gasteiger partial charge is 0.265 e. The van der Waals surface area contributed by atoms with E-state index in [0.717, 1.165) is 27.5 Å². The molecule has 198 valence electrons. The van der Waals surface area contributed by atoms with Crippen molar-refractivity contribution in [2.45, 2.75) is 38.8 Å². The quantitative estimate of drug-likeness (QED) is 0.361. The van der Waals surface area contributed by atoms with E-state index in [1.807, 2.05) is 56.3 Å². The second-order valence-corrected chi connectivity index (χ2v) is 11.3. The maximum Gasteiger partial charge on any atom is 0.265 e. The molecular formula is C29H28N6O3S. The van der Waals surface area contributed by atoms with Crippen molar-refractivity contribution in [1.82, 2.24) is 29.2 Å². The highest BCUT2D eigenvalue weighted by atomic mass is 32.1. The molecule has 1 N–H and O–H groups in total. The number of carbonyl (C=O) groups excluding carboxylic acids is 1. The summed E-state index contributed by atoms with van der Waals surface area (Å²) in [6, 6.07) is 18.0. The summed E-state index contributed by atoms with van der Waals surface area (Å²) < 4.78 is 3.10. The van der Waals surface area contributed by atoms with Crippen LogP contribution in [0, 0.1) is 13.8 Å². The van der Waals surface area contributed by atoms with Crippen LogP contribution in [-0.4, -0.2) is 58.9 Å². The second kappa shape index (κ2) is 9.87. The van der Waals surface area contributed by atoms with Gasteiger partial charge in [0, 0.05) is 13.1 Å². The molecule has 1 aliphatic rings. The fourth-order valence-corrected chi connectivity index (χ4v) is 6.04. The van der Waals surface area contributed by atoms with Crippen LogP contribution in [0.5, 0.6) is 0 Å². The number of aliphatic hydroxyl groups is 1. The molecule has 6 rings (SSSR count). The van der Waals surface area contributed by atoms with Gasteiger partial charge in [0.05, 0.1) is 34.7 Å². The summed E-state index contributed by atoms with van der Waals surface area (Å²) in [5.41, 5.74) is 2.85. The third-order valence-corrected chi connectivity index (χ3v) is 8.38. The van der Waals surface area contributed by atoms with Gasteiger partial charge in [0.15, 0.2) is 5.65 Å². The van der Waals surface area contributed by atoms with Crippen LogP contribution < -0.4 is 5.56 Å². The number of nitrogens with zero attached hydrogens (tertiary/aromatic N) is 6. The fraction of sp³-hybridized carbons (Fsp3) is 0.276. The molecule has 39 heavy (non-hydrogen) atoms. The van der Waals surface area contributed by atoms with Gasteiger partial charge >= 0.3 is 0 Å². The molecule has 0 radical (unpaired) electrons. The Balaban J connectivity index is 1.18. The van der Waals surface area contributed by atoms with Crippen LogP contribution in [0.2, 0.25) is 0 Å². The minimum Gasteiger partial charge on any atom is -0.388 e. The number of thiazole rings is 1. The number of amides is 1. The Kier molecular flexibility index (Phi) is 6.36. The summed E-state index contributed by atoms with van der Waals surface area (Å²) >= 11 is 1.40. The summed E-state index contributed by atoms with van der Waals surface area (Å²) in [5.74, 6) is -0.0513. The Labute approximate surface area is 229 Å². The van der Waals surface area contributed by atoms with Gasteiger partial charge in [-0.05, 0) is 49.9 Å². The first-order chi connectivity index (χ1) is 18.8. The molecule has 1 amide bonds. The zero-order chi connectivity index (χ0) is 27.1. The molecule has 0 unspecified atom stereocenters. The zero-order valence-electron chi connectivity index (χ0n) is 21.7. The maximum atomic E-state index is 13.3. The first kappa shape index (κ1) is 25.1. The molecule has 0 atom stereocenters. The Morgan fingerprint density at radius 1 is 1.03 bits per heavy atom. The lowest BCUT2D eigenvalue weighted by Gasteiger charge is -2.38. The van der Waals surface area contributed by atoms with Crippen molar-refractivity contribution in [2.24, 2.45) is 0 Å². The standard InChI is InChI=1S/C29H28N6O3S/c1-19-25(39-20(2)32-19)28(37)33-14-12-29(38,13-15-33)17-34-18-30-26-24(27(34)36)16-31-35(26)23-10-8-22(9-11-23)21-6-4-3-5-7-21/h3-11,16,18,38H,12-15,17H2,1-2H3. The Hall–Kier alpha value is -4.15. The van der Waals surface area contributed by atoms with Gasteiger partial charge in [0.25, 0.3) is 11.5 Å². The monoisotopic (exact) mass is 540 g/mol. The molecule has 5 aromatic rings. The van der Waals surface area contributed by atoms with E-state index in [1.54, 1.807) is 9.58 Å². The van der Waals surface area contributed by atoms with Crippen LogP contribution in [-0.2, 0) is 6.54 Å². The van der Waals surface area contributed by atoms with Gasteiger partial charge in [-0.15, -0.1) is 11.3 Å². The van der Waals surface area contributed by atoms with Crippen molar-refractivity contribution >= 4 is 28.3 Å². The van der Waals surface area contributed by atoms with E-state index in [0.29, 0.717) is 41.8 Å². The summed E-state index contributed by atoms with van der Waals surface area (Å²) in [6.45, 7) is 4.65. The Bertz CT molecular complexity index is 1710. The average Bonchev–Trinajstić information content (AvgIpc) is 3.53. The zero-order valence-corrected chi connectivity index (χ0v) is 22.6. The largest absolute Gasteiger partial charge is 0.388 e. The average molecular weight is 541 g/mol. The van der Waals surface area contributed by atoms with Crippen molar-refractivity contribution in [3.63, 3.8) is 0 Å². The molecule has 4 heterocycles. The Morgan fingerprint density at radius 2 is 1.72 bits per heavy atom. The first-order valence-corrected chi connectivity index (χ1v) is 13.7. The maximum absolute atomic E-state index is 13.3. The van der Waals surface area contributed by atoms with Crippen molar-refractivity contribution in [2.75, 3.05) is 13.1 Å². The number of hydrogen-bond acceptors (Lipinski definition) is 7. The molecule has 1 aliphatic heterocycles. The van der Waals surface area contributed by atoms with Gasteiger partial charge in [-0.1, -0.05) is 42.5 Å². The van der Waals surface area contributed by atoms with Crippen molar-refractivity contribution in [3.05, 3.63) is 93.1 Å². The third-order valence-electron chi connectivity index (χ3n) is 7.32. The van der Waals surface area contributed by atoms with Crippen molar-refractivity contribution in [3.8, 4) is 16.8 Å². The van der Waals surface area contributed by atoms with Crippen molar-refractivity contribution in [1.29, 1.82) is 0 Å². The number of carbonyl (C=O) groups is 1. The van der Waals surface area contributed by atoms with Gasteiger partial charge in [-0.2, -0.15) is 5.10 Å². The summed E-state index contributed by atoms with van der Waals surface area (Å²) in [5, 5.41) is 17.0. The number of aromatic nitrogens is 5. The molecule has 0 spiro atoms. The lowest BCUT2D eigenvalue weighted by molar-refractivity contribution is -0.0298. The molecule has 9 nitrogen and oxygen atoms in total. The molecule has 0 aliphatic carbocycles. The predicted octanol–water partition coefficient (Wildman–Crippen LogP) is 3.99. The van der Waals surface area contributed by atoms with Crippen LogP contribution >= 0.6 is 11.3 Å². The van der Waals surface area contributed by atoms with Crippen LogP contribution in [0.15, 0.2) is 71.9 Å². The van der Waals surface area contributed by atoms with E-state index in [4.69, 9.17) is 0 Å². The van der Waals surface area contributed by atoms with Crippen LogP contribution in [0.4, 0.5) is 0 Å². The molecule has 1 saturated heterocycles. The SMILES string of the molecule is Cc1nc(C)c(C(=O)N2CCC(O)(Cn3cnc4c(cnn4-c4ccc(-c5ccccc5)cc4)c3=O)CC2)s1. The number of likely N-dealkylation sites (tertiary alicyclic amines) is 1. The summed E-state index contributed by atoms with van der Waals surface area (Å²) in [7, 11) is 0. The van der Waals surface area contributed by atoms with Crippen molar-refractivity contribution < 1.29 is 9.90 Å². The summed E-state index contributed by atoms with van der Waals surface area (Å²) in [6.07, 6.45) is 3.73. The topological polar surface area (TPSA) is 106 Å². The van der Waals surface area contributed by atoms with Crippen LogP contribution in [0.3, 0.4) is 0 Å². The van der Waals surface area contributed by atoms with Gasteiger partial charge in [0.1, 0.15) is 16.6 Å². The van der Waals surface area contributed by atoms with E-state index in [1.165, 1.54) is 28.4 Å². The molecular weight excluding hydrogens is 512 g/mol. The number of hydrogen-bond donors (Lipinski definition) is 1. The van der Waals surface area contributed by atoms with E-state index in [2.05, 4.69) is 27.2 Å². The van der Waals surface area contributed by atoms with Gasteiger partial charge < -0.3 is 10.0 Å². The normalized spacial score (nSPS) is 15.1. The molecule has 1 fully saturated rings. The third kappa shape index (κ3) is 4.77. The van der Waals surface area contributed by atoms with Gasteiger partial charge in [-0.3, -0.25) is 14.2 Å². The van der Waals surface area contributed by atoms with E-state index < -0.39 is 5.60 Å².